The van der Waals surface area contributed by atoms with E-state index >= 15 is 0 Å². The maximum atomic E-state index is 13.1. The van der Waals surface area contributed by atoms with Gasteiger partial charge in [-0.05, 0) is 23.6 Å². The van der Waals surface area contributed by atoms with Gasteiger partial charge in [-0.3, -0.25) is 0 Å². The molecule has 2 rings (SSSR count). The molecule has 1 heterocycles. The van der Waals surface area contributed by atoms with Crippen LogP contribution in [0.15, 0.2) is 23.1 Å². The Labute approximate surface area is 93.3 Å². The summed E-state index contributed by atoms with van der Waals surface area (Å²) in [6, 6.07) is 5.35. The van der Waals surface area contributed by atoms with Crippen LogP contribution in [-0.4, -0.2) is 0 Å². The summed E-state index contributed by atoms with van der Waals surface area (Å²) in [4.78, 5) is 1.61. The van der Waals surface area contributed by atoms with Gasteiger partial charge in [0.2, 0.25) is 0 Å². The average Bonchev–Trinajstić information content (AvgIpc) is 2.48. The summed E-state index contributed by atoms with van der Waals surface area (Å²) < 4.78 is 14.1. The van der Waals surface area contributed by atoms with Gasteiger partial charge in [0.25, 0.3) is 0 Å². The molecule has 13 heavy (non-hydrogen) atoms. The molecule has 0 spiro atoms. The van der Waals surface area contributed by atoms with E-state index < -0.39 is 0 Å². The second-order valence-electron chi connectivity index (χ2n) is 2.69. The molecule has 0 saturated carbocycles. The molecular formula is C9H6BrFS2. The number of alkyl halides is 1. The molecule has 4 heteroatoms. The molecule has 0 saturated heterocycles. The molecule has 0 fully saturated rings. The van der Waals surface area contributed by atoms with E-state index in [1.54, 1.807) is 17.4 Å². The second kappa shape index (κ2) is 3.59. The Kier molecular flexibility index (Phi) is 2.62. The Morgan fingerprint density at radius 1 is 1.38 bits per heavy atom. The van der Waals surface area contributed by atoms with E-state index in [1.165, 1.54) is 10.9 Å². The number of thiol groups is 1. The molecule has 68 valence electrons. The van der Waals surface area contributed by atoms with Crippen molar-refractivity contribution in [3.8, 4) is 0 Å². The van der Waals surface area contributed by atoms with Crippen LogP contribution >= 0.6 is 39.9 Å². The predicted octanol–water partition coefficient (Wildman–Crippen LogP) is 4.22. The molecule has 0 unspecified atom stereocenters. The first-order chi connectivity index (χ1) is 6.20. The lowest BCUT2D eigenvalue weighted by Crippen LogP contribution is -1.74. The van der Waals surface area contributed by atoms with Crippen LogP contribution in [0.3, 0.4) is 0 Å². The van der Waals surface area contributed by atoms with Crippen LogP contribution in [0.5, 0.6) is 0 Å². The Morgan fingerprint density at radius 2 is 2.15 bits per heavy atom. The van der Waals surface area contributed by atoms with E-state index in [2.05, 4.69) is 28.6 Å². The van der Waals surface area contributed by atoms with Crippen LogP contribution in [0.1, 0.15) is 4.88 Å². The minimum absolute atomic E-state index is 0.251. The van der Waals surface area contributed by atoms with Crippen molar-refractivity contribution in [1.29, 1.82) is 0 Å². The summed E-state index contributed by atoms with van der Waals surface area (Å²) in [5.41, 5.74) is 0. The summed E-state index contributed by atoms with van der Waals surface area (Å²) in [6.45, 7) is 0. The molecule has 1 aromatic carbocycles. The van der Waals surface area contributed by atoms with Crippen LogP contribution in [0.4, 0.5) is 4.39 Å². The Balaban J connectivity index is 2.70. The molecular weight excluding hydrogens is 271 g/mol. The number of hydrogen-bond donors (Lipinski definition) is 1. The van der Waals surface area contributed by atoms with Crippen molar-refractivity contribution in [3.63, 3.8) is 0 Å². The Bertz CT molecular complexity index is 411. The fourth-order valence-electron chi connectivity index (χ4n) is 1.17. The zero-order chi connectivity index (χ0) is 9.42. The van der Waals surface area contributed by atoms with Gasteiger partial charge < -0.3 is 0 Å². The maximum Gasteiger partial charge on any atom is 0.137 e. The van der Waals surface area contributed by atoms with Crippen molar-refractivity contribution >= 4 is 50.0 Å². The fourth-order valence-corrected chi connectivity index (χ4v) is 2.80. The number of rotatable bonds is 1. The highest BCUT2D eigenvalue weighted by Crippen LogP contribution is 2.30. The lowest BCUT2D eigenvalue weighted by atomic mass is 10.2. The molecule has 0 aliphatic heterocycles. The zero-order valence-electron chi connectivity index (χ0n) is 6.55. The quantitative estimate of drug-likeness (QED) is 0.585. The van der Waals surface area contributed by atoms with Gasteiger partial charge in [0, 0.05) is 19.8 Å². The Morgan fingerprint density at radius 3 is 2.85 bits per heavy atom. The molecule has 0 atom stereocenters. The fraction of sp³-hybridized carbons (Fsp3) is 0.111. The second-order valence-corrected chi connectivity index (χ2v) is 4.90. The van der Waals surface area contributed by atoms with Crippen molar-refractivity contribution in [2.45, 2.75) is 10.2 Å². The van der Waals surface area contributed by atoms with E-state index in [0.29, 0.717) is 4.90 Å². The predicted molar refractivity (Wildman–Crippen MR) is 61.7 cm³/mol. The molecule has 0 aliphatic rings. The topological polar surface area (TPSA) is 0 Å². The number of fused-ring (bicyclic) bond motifs is 1. The van der Waals surface area contributed by atoms with Crippen molar-refractivity contribution in [2.24, 2.45) is 0 Å². The van der Waals surface area contributed by atoms with Gasteiger partial charge >= 0.3 is 0 Å². The van der Waals surface area contributed by atoms with Gasteiger partial charge in [0.05, 0.1) is 0 Å². The third kappa shape index (κ3) is 1.75. The molecule has 1 aromatic heterocycles. The minimum atomic E-state index is -0.251. The van der Waals surface area contributed by atoms with Crippen LogP contribution < -0.4 is 0 Å². The third-order valence-corrected chi connectivity index (χ3v) is 4.18. The molecule has 0 aliphatic carbocycles. The summed E-state index contributed by atoms with van der Waals surface area (Å²) >= 11 is 9.00. The lowest BCUT2D eigenvalue weighted by Gasteiger charge is -1.93. The largest absolute Gasteiger partial charge is 0.206 e. The van der Waals surface area contributed by atoms with Crippen molar-refractivity contribution in [1.82, 2.24) is 0 Å². The van der Waals surface area contributed by atoms with E-state index in [1.807, 2.05) is 6.07 Å². The van der Waals surface area contributed by atoms with Crippen LogP contribution in [-0.2, 0) is 5.33 Å². The maximum absolute atomic E-state index is 13.1. The molecule has 0 nitrogen and oxygen atoms in total. The molecule has 0 radical (unpaired) electrons. The van der Waals surface area contributed by atoms with E-state index in [4.69, 9.17) is 0 Å². The summed E-state index contributed by atoms with van der Waals surface area (Å²) in [5.74, 6) is -0.251. The first kappa shape index (κ1) is 9.49. The average molecular weight is 277 g/mol. The SMILES string of the molecule is Fc1cc2sc(CBr)cc2cc1S. The Hall–Kier alpha value is -0.0600. The van der Waals surface area contributed by atoms with Gasteiger partial charge in [-0.25, -0.2) is 4.39 Å². The third-order valence-electron chi connectivity index (χ3n) is 1.77. The summed E-state index contributed by atoms with van der Waals surface area (Å²) in [5, 5.41) is 1.88. The zero-order valence-corrected chi connectivity index (χ0v) is 9.85. The van der Waals surface area contributed by atoms with E-state index in [-0.39, 0.29) is 5.82 Å². The number of thiophene rings is 1. The highest BCUT2D eigenvalue weighted by atomic mass is 79.9. The number of benzene rings is 1. The van der Waals surface area contributed by atoms with E-state index in [0.717, 1.165) is 15.4 Å². The number of hydrogen-bond acceptors (Lipinski definition) is 2. The van der Waals surface area contributed by atoms with Crippen molar-refractivity contribution in [3.05, 3.63) is 28.9 Å². The number of halogens is 2. The summed E-state index contributed by atoms with van der Waals surface area (Å²) in [6.07, 6.45) is 0. The van der Waals surface area contributed by atoms with Crippen LogP contribution in [0.25, 0.3) is 10.1 Å². The highest BCUT2D eigenvalue weighted by molar-refractivity contribution is 9.08. The van der Waals surface area contributed by atoms with Crippen LogP contribution in [0, 0.1) is 5.82 Å². The molecule has 2 aromatic rings. The van der Waals surface area contributed by atoms with Crippen LogP contribution in [0.2, 0.25) is 0 Å². The first-order valence-corrected chi connectivity index (χ1v) is 6.06. The van der Waals surface area contributed by atoms with E-state index in [9.17, 15) is 4.39 Å². The monoisotopic (exact) mass is 276 g/mol. The summed E-state index contributed by atoms with van der Waals surface area (Å²) in [7, 11) is 0. The van der Waals surface area contributed by atoms with Gasteiger partial charge in [0.1, 0.15) is 5.82 Å². The highest BCUT2D eigenvalue weighted by Gasteiger charge is 2.04. The van der Waals surface area contributed by atoms with Crippen molar-refractivity contribution < 1.29 is 4.39 Å². The molecule has 0 amide bonds. The smallest absolute Gasteiger partial charge is 0.137 e. The minimum Gasteiger partial charge on any atom is -0.206 e. The molecule has 0 bridgehead atoms. The first-order valence-electron chi connectivity index (χ1n) is 3.67. The van der Waals surface area contributed by atoms with Gasteiger partial charge in [-0.15, -0.1) is 24.0 Å². The normalized spacial score (nSPS) is 11.0. The van der Waals surface area contributed by atoms with Gasteiger partial charge in [-0.2, -0.15) is 0 Å². The molecule has 0 N–H and O–H groups in total. The van der Waals surface area contributed by atoms with Gasteiger partial charge in [-0.1, -0.05) is 15.9 Å². The van der Waals surface area contributed by atoms with Crippen molar-refractivity contribution in [2.75, 3.05) is 0 Å². The lowest BCUT2D eigenvalue weighted by molar-refractivity contribution is 0.605. The standard InChI is InChI=1S/C9H6BrFS2/c10-4-6-1-5-2-8(12)7(11)3-9(5)13-6/h1-3,12H,4H2. The van der Waals surface area contributed by atoms with Gasteiger partial charge in [0.15, 0.2) is 0 Å².